The summed E-state index contributed by atoms with van der Waals surface area (Å²) in [4.78, 5) is 24.0. The minimum Gasteiger partial charge on any atom is -0.306 e. The van der Waals surface area contributed by atoms with E-state index in [1.54, 1.807) is 0 Å². The van der Waals surface area contributed by atoms with E-state index in [1.807, 2.05) is 0 Å². The molecule has 0 saturated carbocycles. The first-order chi connectivity index (χ1) is 8.39. The van der Waals surface area contributed by atoms with Gasteiger partial charge >= 0.3 is 6.18 Å². The van der Waals surface area contributed by atoms with Crippen molar-refractivity contribution in [2.45, 2.75) is 19.0 Å². The molecule has 1 fully saturated rings. The van der Waals surface area contributed by atoms with Crippen molar-refractivity contribution < 1.29 is 22.8 Å². The Morgan fingerprint density at radius 2 is 1.67 bits per heavy atom. The van der Waals surface area contributed by atoms with Crippen LogP contribution in [0.4, 0.5) is 18.9 Å². The lowest BCUT2D eigenvalue weighted by Crippen LogP contribution is -2.41. The molecule has 0 unspecified atom stereocenters. The lowest BCUT2D eigenvalue weighted by Gasteiger charge is -2.25. The first-order valence-electron chi connectivity index (χ1n) is 5.41. The Morgan fingerprint density at radius 3 is 2.22 bits per heavy atom. The van der Waals surface area contributed by atoms with Gasteiger partial charge in [-0.3, -0.25) is 9.59 Å². The minimum absolute atomic E-state index is 0.204. The molecule has 18 heavy (non-hydrogen) atoms. The second-order valence-corrected chi connectivity index (χ2v) is 4.03. The van der Waals surface area contributed by atoms with Gasteiger partial charge in [-0.1, -0.05) is 0 Å². The van der Waals surface area contributed by atoms with Crippen molar-refractivity contribution in [3.8, 4) is 0 Å². The van der Waals surface area contributed by atoms with Crippen LogP contribution in [0.15, 0.2) is 24.3 Å². The summed E-state index contributed by atoms with van der Waals surface area (Å²) in [5.74, 6) is -1.15. The van der Waals surface area contributed by atoms with Crippen LogP contribution in [0.2, 0.25) is 0 Å². The van der Waals surface area contributed by atoms with Crippen molar-refractivity contribution in [2.75, 3.05) is 11.4 Å². The number of rotatable bonds is 1. The first kappa shape index (κ1) is 12.6. The molecule has 0 aromatic heterocycles. The van der Waals surface area contributed by atoms with Crippen molar-refractivity contribution in [1.29, 1.82) is 0 Å². The average Bonchev–Trinajstić information content (AvgIpc) is 2.32. The van der Waals surface area contributed by atoms with E-state index in [0.29, 0.717) is 18.7 Å². The fraction of sp³-hybridized carbons (Fsp3) is 0.333. The van der Waals surface area contributed by atoms with Crippen LogP contribution in [0.25, 0.3) is 0 Å². The molecule has 1 aliphatic rings. The third-order valence-corrected chi connectivity index (χ3v) is 2.78. The molecule has 96 valence electrons. The maximum atomic E-state index is 12.4. The van der Waals surface area contributed by atoms with Gasteiger partial charge < -0.3 is 4.90 Å². The Balaban J connectivity index is 2.24. The summed E-state index contributed by atoms with van der Waals surface area (Å²) >= 11 is 0. The number of amides is 1. The summed E-state index contributed by atoms with van der Waals surface area (Å²) in [7, 11) is 0. The van der Waals surface area contributed by atoms with Crippen LogP contribution in [0.3, 0.4) is 0 Å². The number of alkyl halides is 3. The van der Waals surface area contributed by atoms with E-state index in [9.17, 15) is 22.8 Å². The molecule has 1 saturated heterocycles. The molecule has 3 nitrogen and oxygen atoms in total. The van der Waals surface area contributed by atoms with Gasteiger partial charge in [-0.05, 0) is 30.7 Å². The smallest absolute Gasteiger partial charge is 0.306 e. The number of carbonyl (C=O) groups is 2. The molecule has 0 N–H and O–H groups in total. The summed E-state index contributed by atoms with van der Waals surface area (Å²) in [6, 6.07) is 4.22. The molecule has 0 radical (unpaired) electrons. The van der Waals surface area contributed by atoms with Gasteiger partial charge in [0.05, 0.1) is 5.56 Å². The standard InChI is InChI=1S/C12H10F3NO2/c13-12(14,15)8-3-5-9(6-4-8)16-7-1-2-10(17)11(16)18/h3-6H,1-2,7H2. The highest BCUT2D eigenvalue weighted by molar-refractivity contribution is 6.41. The van der Waals surface area contributed by atoms with Gasteiger partial charge in [0.15, 0.2) is 0 Å². The number of nitrogens with zero attached hydrogens (tertiary/aromatic N) is 1. The van der Waals surface area contributed by atoms with Crippen LogP contribution in [0.1, 0.15) is 18.4 Å². The third-order valence-electron chi connectivity index (χ3n) is 2.78. The van der Waals surface area contributed by atoms with E-state index in [4.69, 9.17) is 0 Å². The largest absolute Gasteiger partial charge is 0.416 e. The van der Waals surface area contributed by atoms with Gasteiger partial charge in [0.2, 0.25) is 5.78 Å². The molecular formula is C12H10F3NO2. The fourth-order valence-corrected chi connectivity index (χ4v) is 1.83. The summed E-state index contributed by atoms with van der Waals surface area (Å²) in [5.41, 5.74) is -0.455. The number of anilines is 1. The lowest BCUT2D eigenvalue weighted by molar-refractivity contribution is -0.137. The Hall–Kier alpha value is -1.85. The van der Waals surface area contributed by atoms with E-state index in [-0.39, 0.29) is 6.42 Å². The topological polar surface area (TPSA) is 37.4 Å². The van der Waals surface area contributed by atoms with Crippen LogP contribution >= 0.6 is 0 Å². The average molecular weight is 257 g/mol. The summed E-state index contributed by atoms with van der Waals surface area (Å²) in [5, 5.41) is 0. The van der Waals surface area contributed by atoms with Crippen LogP contribution < -0.4 is 4.90 Å². The third kappa shape index (κ3) is 2.37. The van der Waals surface area contributed by atoms with Crippen LogP contribution in [-0.2, 0) is 15.8 Å². The molecule has 0 bridgehead atoms. The summed E-state index contributed by atoms with van der Waals surface area (Å²) < 4.78 is 37.1. The van der Waals surface area contributed by atoms with Crippen molar-refractivity contribution in [3.05, 3.63) is 29.8 Å². The van der Waals surface area contributed by atoms with E-state index < -0.39 is 23.4 Å². The molecule has 0 spiro atoms. The molecule has 6 heteroatoms. The van der Waals surface area contributed by atoms with E-state index in [2.05, 4.69) is 0 Å². The van der Waals surface area contributed by atoms with Gasteiger partial charge in [0.25, 0.3) is 5.91 Å². The first-order valence-corrected chi connectivity index (χ1v) is 5.41. The molecule has 1 heterocycles. The highest BCUT2D eigenvalue weighted by atomic mass is 19.4. The molecule has 1 aromatic carbocycles. The number of carbonyl (C=O) groups excluding carboxylic acids is 2. The molecule has 1 aromatic rings. The monoisotopic (exact) mass is 257 g/mol. The molecule has 1 aliphatic heterocycles. The summed E-state index contributed by atoms with van der Waals surface area (Å²) in [6.45, 7) is 0.357. The molecule has 0 aliphatic carbocycles. The van der Waals surface area contributed by atoms with Gasteiger partial charge in [-0.2, -0.15) is 13.2 Å². The lowest BCUT2D eigenvalue weighted by atomic mass is 10.1. The molecule has 2 rings (SSSR count). The van der Waals surface area contributed by atoms with Gasteiger partial charge in [0.1, 0.15) is 0 Å². The predicted molar refractivity (Wildman–Crippen MR) is 58.0 cm³/mol. The normalized spacial score (nSPS) is 17.2. The minimum atomic E-state index is -4.40. The van der Waals surface area contributed by atoms with E-state index in [1.165, 1.54) is 17.0 Å². The van der Waals surface area contributed by atoms with Crippen LogP contribution in [-0.4, -0.2) is 18.2 Å². The number of hydrogen-bond donors (Lipinski definition) is 0. The van der Waals surface area contributed by atoms with Crippen molar-refractivity contribution in [2.24, 2.45) is 0 Å². The zero-order chi connectivity index (χ0) is 13.3. The number of benzene rings is 1. The highest BCUT2D eigenvalue weighted by Crippen LogP contribution is 2.31. The predicted octanol–water partition coefficient (Wildman–Crippen LogP) is 2.40. The second-order valence-electron chi connectivity index (χ2n) is 4.03. The van der Waals surface area contributed by atoms with Gasteiger partial charge in [-0.15, -0.1) is 0 Å². The Bertz CT molecular complexity index is 479. The van der Waals surface area contributed by atoms with E-state index >= 15 is 0 Å². The fourth-order valence-electron chi connectivity index (χ4n) is 1.83. The van der Waals surface area contributed by atoms with Crippen molar-refractivity contribution >= 4 is 17.4 Å². The maximum absolute atomic E-state index is 12.4. The Morgan fingerprint density at radius 1 is 1.06 bits per heavy atom. The van der Waals surface area contributed by atoms with Gasteiger partial charge in [-0.25, -0.2) is 0 Å². The number of Topliss-reactive ketones (excluding diaryl/α,β-unsaturated/α-hetero) is 1. The van der Waals surface area contributed by atoms with E-state index in [0.717, 1.165) is 12.1 Å². The molecule has 0 atom stereocenters. The SMILES string of the molecule is O=C1CCCN(c2ccc(C(F)(F)F)cc2)C1=O. The zero-order valence-corrected chi connectivity index (χ0v) is 9.33. The quantitative estimate of drug-likeness (QED) is 0.724. The second kappa shape index (κ2) is 4.44. The molecule has 1 amide bonds. The summed E-state index contributed by atoms with van der Waals surface area (Å²) in [6.07, 6.45) is -3.66. The molecular weight excluding hydrogens is 247 g/mol. The Kier molecular flexibility index (Phi) is 3.11. The number of piperidine rings is 1. The van der Waals surface area contributed by atoms with Crippen molar-refractivity contribution in [3.63, 3.8) is 0 Å². The number of ketones is 1. The number of hydrogen-bond acceptors (Lipinski definition) is 2. The highest BCUT2D eigenvalue weighted by Gasteiger charge is 2.31. The maximum Gasteiger partial charge on any atom is 0.416 e. The van der Waals surface area contributed by atoms with Crippen LogP contribution in [0, 0.1) is 0 Å². The van der Waals surface area contributed by atoms with Crippen LogP contribution in [0.5, 0.6) is 0 Å². The Labute approximate surface area is 101 Å². The van der Waals surface area contributed by atoms with Crippen molar-refractivity contribution in [1.82, 2.24) is 0 Å². The zero-order valence-electron chi connectivity index (χ0n) is 9.33. The van der Waals surface area contributed by atoms with Gasteiger partial charge in [0, 0.05) is 18.7 Å². The number of halogens is 3.